The van der Waals surface area contributed by atoms with Crippen LogP contribution < -0.4 is 10.1 Å². The smallest absolute Gasteiger partial charge is 0.230 e. The summed E-state index contributed by atoms with van der Waals surface area (Å²) in [6.45, 7) is 6.75. The van der Waals surface area contributed by atoms with Crippen molar-refractivity contribution in [3.63, 3.8) is 0 Å². The van der Waals surface area contributed by atoms with Gasteiger partial charge in [0, 0.05) is 0 Å². The van der Waals surface area contributed by atoms with Gasteiger partial charge >= 0.3 is 0 Å². The molecule has 0 fully saturated rings. The normalized spacial score (nSPS) is 12.3. The van der Waals surface area contributed by atoms with Crippen molar-refractivity contribution in [1.82, 2.24) is 5.32 Å². The van der Waals surface area contributed by atoms with Crippen molar-refractivity contribution in [3.8, 4) is 5.75 Å². The van der Waals surface area contributed by atoms with Gasteiger partial charge in [0.1, 0.15) is 11.9 Å². The van der Waals surface area contributed by atoms with Crippen LogP contribution in [0.2, 0.25) is 0 Å². The van der Waals surface area contributed by atoms with Crippen LogP contribution in [0.1, 0.15) is 32.3 Å². The summed E-state index contributed by atoms with van der Waals surface area (Å²) in [6, 6.07) is 8.07. The monoisotopic (exact) mass is 313 g/mol. The SMILES string of the molecule is CC(CNC(=O)CBr)Oc1cccc(C(C)C)c1. The van der Waals surface area contributed by atoms with Crippen molar-refractivity contribution in [2.45, 2.75) is 32.8 Å². The zero-order valence-electron chi connectivity index (χ0n) is 11.1. The number of ether oxygens (including phenoxy) is 1. The number of carbonyl (C=O) groups excluding carboxylic acids is 1. The molecular formula is C14H20BrNO2. The molecule has 3 nitrogen and oxygen atoms in total. The maximum absolute atomic E-state index is 11.1. The molecule has 1 amide bonds. The van der Waals surface area contributed by atoms with Gasteiger partial charge in [-0.2, -0.15) is 0 Å². The van der Waals surface area contributed by atoms with Crippen LogP contribution in [0.4, 0.5) is 0 Å². The van der Waals surface area contributed by atoms with Gasteiger partial charge in [-0.15, -0.1) is 0 Å². The van der Waals surface area contributed by atoms with Crippen LogP contribution in [0, 0.1) is 0 Å². The third kappa shape index (κ3) is 5.08. The second-order valence-corrected chi connectivity index (χ2v) is 5.15. The highest BCUT2D eigenvalue weighted by molar-refractivity contribution is 9.09. The van der Waals surface area contributed by atoms with E-state index in [1.54, 1.807) is 0 Å². The number of rotatable bonds is 6. The first kappa shape index (κ1) is 15.0. The van der Waals surface area contributed by atoms with Gasteiger partial charge in [0.15, 0.2) is 0 Å². The molecule has 0 heterocycles. The summed E-state index contributed by atoms with van der Waals surface area (Å²) in [7, 11) is 0. The molecule has 18 heavy (non-hydrogen) atoms. The molecule has 1 aromatic rings. The molecule has 0 radical (unpaired) electrons. The Labute approximate surface area is 117 Å². The lowest BCUT2D eigenvalue weighted by molar-refractivity contribution is -0.118. The number of benzene rings is 1. The van der Waals surface area contributed by atoms with E-state index in [4.69, 9.17) is 4.74 Å². The predicted molar refractivity (Wildman–Crippen MR) is 77.4 cm³/mol. The Morgan fingerprint density at radius 2 is 2.11 bits per heavy atom. The summed E-state index contributed by atoms with van der Waals surface area (Å²) in [4.78, 5) is 11.1. The van der Waals surface area contributed by atoms with Crippen molar-refractivity contribution in [1.29, 1.82) is 0 Å². The van der Waals surface area contributed by atoms with Crippen LogP contribution in [0.3, 0.4) is 0 Å². The Hall–Kier alpha value is -1.03. The molecule has 0 aliphatic heterocycles. The lowest BCUT2D eigenvalue weighted by atomic mass is 10.0. The average Bonchev–Trinajstić information content (AvgIpc) is 2.36. The van der Waals surface area contributed by atoms with E-state index >= 15 is 0 Å². The molecule has 0 saturated heterocycles. The molecule has 0 aromatic heterocycles. The maximum Gasteiger partial charge on any atom is 0.230 e. The van der Waals surface area contributed by atoms with E-state index in [2.05, 4.69) is 41.2 Å². The molecule has 0 spiro atoms. The fourth-order valence-electron chi connectivity index (χ4n) is 1.53. The minimum atomic E-state index is -0.0459. The molecule has 1 unspecified atom stereocenters. The zero-order chi connectivity index (χ0) is 13.5. The first-order valence-corrected chi connectivity index (χ1v) is 7.24. The van der Waals surface area contributed by atoms with E-state index in [1.807, 2.05) is 25.1 Å². The van der Waals surface area contributed by atoms with Crippen molar-refractivity contribution < 1.29 is 9.53 Å². The summed E-state index contributed by atoms with van der Waals surface area (Å²) in [5.74, 6) is 1.31. The quantitative estimate of drug-likeness (QED) is 0.820. The van der Waals surface area contributed by atoms with E-state index in [9.17, 15) is 4.79 Å². The van der Waals surface area contributed by atoms with Gasteiger partial charge in [0.2, 0.25) is 5.91 Å². The second kappa shape index (κ2) is 7.41. The second-order valence-electron chi connectivity index (χ2n) is 4.59. The zero-order valence-corrected chi connectivity index (χ0v) is 12.7. The van der Waals surface area contributed by atoms with Crippen LogP contribution in [0.25, 0.3) is 0 Å². The number of nitrogens with one attached hydrogen (secondary N) is 1. The minimum Gasteiger partial charge on any atom is -0.489 e. The lowest BCUT2D eigenvalue weighted by Gasteiger charge is -2.16. The number of amides is 1. The summed E-state index contributed by atoms with van der Waals surface area (Å²) < 4.78 is 5.77. The molecule has 0 saturated carbocycles. The molecular weight excluding hydrogens is 294 g/mol. The summed E-state index contributed by atoms with van der Waals surface area (Å²) in [5, 5.41) is 3.10. The summed E-state index contributed by atoms with van der Waals surface area (Å²) in [6.07, 6.45) is -0.0459. The largest absolute Gasteiger partial charge is 0.489 e. The lowest BCUT2D eigenvalue weighted by Crippen LogP contribution is -2.34. The first-order chi connectivity index (χ1) is 8.52. The highest BCUT2D eigenvalue weighted by Gasteiger charge is 2.07. The molecule has 0 bridgehead atoms. The van der Waals surface area contributed by atoms with Crippen LogP contribution in [-0.2, 0) is 4.79 Å². The van der Waals surface area contributed by atoms with Gasteiger partial charge in [0.05, 0.1) is 11.9 Å². The van der Waals surface area contributed by atoms with Crippen molar-refractivity contribution in [3.05, 3.63) is 29.8 Å². The van der Waals surface area contributed by atoms with Gasteiger partial charge in [-0.25, -0.2) is 0 Å². The van der Waals surface area contributed by atoms with Gasteiger partial charge < -0.3 is 10.1 Å². The number of hydrogen-bond acceptors (Lipinski definition) is 2. The Kier molecular flexibility index (Phi) is 6.19. The number of hydrogen-bond donors (Lipinski definition) is 1. The van der Waals surface area contributed by atoms with Crippen LogP contribution in [0.5, 0.6) is 5.75 Å². The Balaban J connectivity index is 2.51. The fourth-order valence-corrected chi connectivity index (χ4v) is 1.72. The first-order valence-electron chi connectivity index (χ1n) is 6.12. The maximum atomic E-state index is 11.1. The predicted octanol–water partition coefficient (Wildman–Crippen LogP) is 3.09. The molecule has 0 aliphatic rings. The summed E-state index contributed by atoms with van der Waals surface area (Å²) >= 11 is 3.10. The highest BCUT2D eigenvalue weighted by Crippen LogP contribution is 2.20. The van der Waals surface area contributed by atoms with Crippen molar-refractivity contribution in [2.24, 2.45) is 0 Å². The van der Waals surface area contributed by atoms with E-state index in [-0.39, 0.29) is 12.0 Å². The Bertz CT molecular complexity index is 393. The highest BCUT2D eigenvalue weighted by atomic mass is 79.9. The third-order valence-corrected chi connectivity index (χ3v) is 3.08. The summed E-state index contributed by atoms with van der Waals surface area (Å²) in [5.41, 5.74) is 1.25. The van der Waals surface area contributed by atoms with Crippen LogP contribution in [-0.4, -0.2) is 23.9 Å². The number of carbonyl (C=O) groups is 1. The Morgan fingerprint density at radius 3 is 2.72 bits per heavy atom. The van der Waals surface area contributed by atoms with Crippen LogP contribution in [0.15, 0.2) is 24.3 Å². The van der Waals surface area contributed by atoms with Crippen molar-refractivity contribution >= 4 is 21.8 Å². The van der Waals surface area contributed by atoms with Gasteiger partial charge in [-0.3, -0.25) is 4.79 Å². The third-order valence-electron chi connectivity index (χ3n) is 2.57. The molecule has 1 atom stereocenters. The standard InChI is InChI=1S/C14H20BrNO2/c1-10(2)12-5-4-6-13(7-12)18-11(3)9-16-14(17)8-15/h4-7,10-11H,8-9H2,1-3H3,(H,16,17). The van der Waals surface area contributed by atoms with Crippen molar-refractivity contribution in [2.75, 3.05) is 11.9 Å². The van der Waals surface area contributed by atoms with Gasteiger partial charge in [-0.05, 0) is 30.5 Å². The van der Waals surface area contributed by atoms with E-state index in [1.165, 1.54) is 5.56 Å². The van der Waals surface area contributed by atoms with E-state index in [0.29, 0.717) is 17.8 Å². The average molecular weight is 314 g/mol. The number of alkyl halides is 1. The van der Waals surface area contributed by atoms with Crippen LogP contribution >= 0.6 is 15.9 Å². The Morgan fingerprint density at radius 1 is 1.39 bits per heavy atom. The molecule has 0 aliphatic carbocycles. The molecule has 1 aromatic carbocycles. The molecule has 4 heteroatoms. The molecule has 1 N–H and O–H groups in total. The van der Waals surface area contributed by atoms with E-state index < -0.39 is 0 Å². The topological polar surface area (TPSA) is 38.3 Å². The van der Waals surface area contributed by atoms with E-state index in [0.717, 1.165) is 5.75 Å². The fraction of sp³-hybridized carbons (Fsp3) is 0.500. The van der Waals surface area contributed by atoms with Gasteiger partial charge in [0.25, 0.3) is 0 Å². The molecule has 1 rings (SSSR count). The van der Waals surface area contributed by atoms with Gasteiger partial charge in [-0.1, -0.05) is 41.9 Å². The molecule has 100 valence electrons. The minimum absolute atomic E-state index is 0.0265. The number of halogens is 1.